The Morgan fingerprint density at radius 1 is 1.05 bits per heavy atom. The van der Waals surface area contributed by atoms with Gasteiger partial charge in [-0.15, -0.1) is 0 Å². The molecular formula is C17H28O2Si2. The monoisotopic (exact) mass is 320 g/mol. The van der Waals surface area contributed by atoms with Gasteiger partial charge in [0.25, 0.3) is 0 Å². The van der Waals surface area contributed by atoms with Gasteiger partial charge in [0, 0.05) is 14.5 Å². The molecule has 1 rings (SSSR count). The summed E-state index contributed by atoms with van der Waals surface area (Å²) >= 11 is 0. The van der Waals surface area contributed by atoms with Crippen LogP contribution in [0.2, 0.25) is 32.7 Å². The van der Waals surface area contributed by atoms with Crippen molar-refractivity contribution in [2.24, 2.45) is 0 Å². The molecule has 0 atom stereocenters. The molecule has 0 aliphatic rings. The topological polar surface area (TPSA) is 26.3 Å². The first kappa shape index (κ1) is 17.9. The van der Waals surface area contributed by atoms with E-state index in [0.29, 0.717) is 0 Å². The Bertz CT molecular complexity index is 525. The average Bonchev–Trinajstić information content (AvgIpc) is 2.38. The van der Waals surface area contributed by atoms with Crippen molar-refractivity contribution in [3.8, 4) is 0 Å². The molecule has 0 saturated carbocycles. The maximum Gasteiger partial charge on any atom is 0.307 e. The van der Waals surface area contributed by atoms with E-state index in [-0.39, 0.29) is 5.97 Å². The number of rotatable bonds is 5. The van der Waals surface area contributed by atoms with Gasteiger partial charge in [-0.25, -0.2) is 0 Å². The lowest BCUT2D eigenvalue weighted by Gasteiger charge is -2.37. The van der Waals surface area contributed by atoms with Crippen molar-refractivity contribution in [1.82, 2.24) is 0 Å². The third-order valence-corrected chi connectivity index (χ3v) is 21.7. The van der Waals surface area contributed by atoms with E-state index in [1.54, 1.807) is 0 Å². The molecule has 1 aromatic rings. The highest BCUT2D eigenvalue weighted by molar-refractivity contribution is 7.43. The van der Waals surface area contributed by atoms with Crippen LogP contribution in [-0.4, -0.2) is 21.2 Å². The summed E-state index contributed by atoms with van der Waals surface area (Å²) in [5.74, 6) is -0.203. The molecule has 0 aliphatic carbocycles. The van der Waals surface area contributed by atoms with Crippen molar-refractivity contribution >= 4 is 26.7 Å². The van der Waals surface area contributed by atoms with Gasteiger partial charge in [0.2, 0.25) is 0 Å². The van der Waals surface area contributed by atoms with Crippen LogP contribution in [0.5, 0.6) is 0 Å². The van der Waals surface area contributed by atoms with E-state index in [1.165, 1.54) is 18.1 Å². The molecule has 0 radical (unpaired) electrons. The van der Waals surface area contributed by atoms with Crippen molar-refractivity contribution in [2.75, 3.05) is 0 Å². The van der Waals surface area contributed by atoms with Crippen LogP contribution in [0, 0.1) is 0 Å². The number of esters is 1. The zero-order valence-corrected chi connectivity index (χ0v) is 16.4. The van der Waals surface area contributed by atoms with E-state index in [2.05, 4.69) is 51.8 Å². The van der Waals surface area contributed by atoms with Gasteiger partial charge in [0.05, 0.1) is 5.38 Å². The average molecular weight is 321 g/mol. The number of hydrogen-bond acceptors (Lipinski definition) is 2. The molecule has 0 bridgehead atoms. The zero-order chi connectivity index (χ0) is 16.3. The van der Waals surface area contributed by atoms with Crippen LogP contribution in [0.3, 0.4) is 0 Å². The number of allylic oxidation sites excluding steroid dienone is 1. The van der Waals surface area contributed by atoms with Crippen LogP contribution in [0.15, 0.2) is 35.7 Å². The Morgan fingerprint density at radius 3 is 1.95 bits per heavy atom. The Morgan fingerprint density at radius 2 is 1.57 bits per heavy atom. The molecule has 0 aliphatic heterocycles. The summed E-state index contributed by atoms with van der Waals surface area (Å²) in [5.41, 5.74) is 2.37. The summed E-state index contributed by atoms with van der Waals surface area (Å²) in [6.07, 6.45) is 0.882. The highest BCUT2D eigenvalue weighted by Gasteiger charge is 2.43. The van der Waals surface area contributed by atoms with Crippen LogP contribution in [-0.2, 0) is 9.53 Å². The smallest absolute Gasteiger partial charge is 0.307 e. The van der Waals surface area contributed by atoms with E-state index >= 15 is 0 Å². The van der Waals surface area contributed by atoms with Crippen molar-refractivity contribution in [2.45, 2.75) is 53.0 Å². The van der Waals surface area contributed by atoms with Gasteiger partial charge >= 0.3 is 5.97 Å². The van der Waals surface area contributed by atoms with Crippen LogP contribution in [0.1, 0.15) is 25.8 Å². The summed E-state index contributed by atoms with van der Waals surface area (Å²) in [6, 6.07) is 10.3. The molecular weight excluding hydrogens is 292 g/mol. The minimum Gasteiger partial charge on any atom is -0.437 e. The lowest BCUT2D eigenvalue weighted by molar-refractivity contribution is -0.136. The summed E-state index contributed by atoms with van der Waals surface area (Å²) in [4.78, 5) is 11.7. The van der Waals surface area contributed by atoms with E-state index in [9.17, 15) is 4.79 Å². The fourth-order valence-electron chi connectivity index (χ4n) is 2.19. The van der Waals surface area contributed by atoms with Gasteiger partial charge < -0.3 is 4.74 Å². The first-order valence-electron chi connectivity index (χ1n) is 7.58. The van der Waals surface area contributed by atoms with Crippen LogP contribution in [0.25, 0.3) is 5.57 Å². The second kappa shape index (κ2) is 6.75. The van der Waals surface area contributed by atoms with Crippen LogP contribution >= 0.6 is 0 Å². The Kier molecular flexibility index (Phi) is 5.76. The molecule has 0 N–H and O–H groups in total. The number of benzene rings is 1. The second-order valence-electron chi connectivity index (χ2n) is 7.00. The number of ether oxygens (including phenoxy) is 1. The van der Waals surface area contributed by atoms with Crippen molar-refractivity contribution < 1.29 is 9.53 Å². The van der Waals surface area contributed by atoms with Crippen molar-refractivity contribution in [3.05, 3.63) is 41.3 Å². The summed E-state index contributed by atoms with van der Waals surface area (Å²) in [6.45, 7) is 15.5. The Balaban J connectivity index is 3.54. The normalized spacial score (nSPS) is 13.7. The first-order chi connectivity index (χ1) is 9.61. The number of carbonyl (C=O) groups excluding carboxylic acids is 1. The summed E-state index contributed by atoms with van der Waals surface area (Å²) < 4.78 is 5.79. The maximum absolute atomic E-state index is 11.7. The fraction of sp³-hybridized carbons (Fsp3) is 0.471. The molecule has 1 aromatic carbocycles. The van der Waals surface area contributed by atoms with Gasteiger partial charge in [-0.1, -0.05) is 70.0 Å². The predicted molar refractivity (Wildman–Crippen MR) is 96.2 cm³/mol. The molecule has 2 nitrogen and oxygen atoms in total. The fourth-order valence-corrected chi connectivity index (χ4v) is 6.99. The third kappa shape index (κ3) is 4.17. The van der Waals surface area contributed by atoms with Gasteiger partial charge in [-0.2, -0.15) is 0 Å². The molecule has 0 saturated heterocycles. The van der Waals surface area contributed by atoms with Crippen LogP contribution in [0.4, 0.5) is 0 Å². The minimum atomic E-state index is -1.79. The van der Waals surface area contributed by atoms with E-state index in [0.717, 1.165) is 11.8 Å². The quantitative estimate of drug-likeness (QED) is 0.432. The highest BCUT2D eigenvalue weighted by atomic mass is 29.3. The SMILES string of the molecule is CC/C(=C(/OC(C)=O)[Si](C)(C)[Si](C)(C)C)c1ccccc1. The molecule has 0 unspecified atom stereocenters. The largest absolute Gasteiger partial charge is 0.437 e. The standard InChI is InChI=1S/C17H28O2Si2/c1-8-16(15-12-10-9-11-13-15)17(19-14(2)18)21(6,7)20(3,4)5/h9-13H,8H2,1-7H3/b17-16+. The molecule has 4 heteroatoms. The van der Waals surface area contributed by atoms with Gasteiger partial charge in [0.15, 0.2) is 0 Å². The maximum atomic E-state index is 11.7. The zero-order valence-electron chi connectivity index (χ0n) is 14.4. The summed E-state index contributed by atoms with van der Waals surface area (Å²) in [5, 5.41) is 0.989. The third-order valence-electron chi connectivity index (χ3n) is 4.44. The van der Waals surface area contributed by atoms with Gasteiger partial charge in [0.1, 0.15) is 7.59 Å². The van der Waals surface area contributed by atoms with E-state index in [4.69, 9.17) is 4.74 Å². The highest BCUT2D eigenvalue weighted by Crippen LogP contribution is 2.34. The van der Waals surface area contributed by atoms with Crippen molar-refractivity contribution in [3.63, 3.8) is 0 Å². The predicted octanol–water partition coefficient (Wildman–Crippen LogP) is 5.04. The number of hydrogen-bond donors (Lipinski definition) is 0. The summed E-state index contributed by atoms with van der Waals surface area (Å²) in [7, 11) is -3.21. The Labute approximate surface area is 131 Å². The van der Waals surface area contributed by atoms with Gasteiger partial charge in [-0.05, 0) is 17.6 Å². The molecule has 0 fully saturated rings. The minimum absolute atomic E-state index is 0.203. The molecule has 116 valence electrons. The Hall–Kier alpha value is -1.14. The lowest BCUT2D eigenvalue weighted by Crippen LogP contribution is -2.55. The van der Waals surface area contributed by atoms with Gasteiger partial charge in [-0.3, -0.25) is 4.79 Å². The molecule has 0 aromatic heterocycles. The lowest BCUT2D eigenvalue weighted by atomic mass is 10.1. The number of carbonyl (C=O) groups is 1. The molecule has 0 heterocycles. The van der Waals surface area contributed by atoms with E-state index in [1.807, 2.05) is 18.2 Å². The van der Waals surface area contributed by atoms with Crippen molar-refractivity contribution in [1.29, 1.82) is 0 Å². The molecule has 0 amide bonds. The second-order valence-corrected chi connectivity index (χ2v) is 23.5. The molecule has 0 spiro atoms. The first-order valence-corrected chi connectivity index (χ1v) is 15.1. The van der Waals surface area contributed by atoms with E-state index < -0.39 is 15.2 Å². The van der Waals surface area contributed by atoms with Crippen LogP contribution < -0.4 is 0 Å². The molecule has 21 heavy (non-hydrogen) atoms.